The lowest BCUT2D eigenvalue weighted by Crippen LogP contribution is -2.23. The fourth-order valence-electron chi connectivity index (χ4n) is 2.46. The molecule has 1 amide bonds. The summed E-state index contributed by atoms with van der Waals surface area (Å²) in [6.07, 6.45) is 1.23. The lowest BCUT2D eigenvalue weighted by Gasteiger charge is -2.22. The molecule has 2 heterocycles. The van der Waals surface area contributed by atoms with Gasteiger partial charge in [-0.25, -0.2) is 4.79 Å². The van der Waals surface area contributed by atoms with Crippen LogP contribution in [0.5, 0.6) is 5.88 Å². The second kappa shape index (κ2) is 7.77. The summed E-state index contributed by atoms with van der Waals surface area (Å²) in [5, 5.41) is 15.5. The third-order valence-corrected chi connectivity index (χ3v) is 3.52. The number of hydrogen-bond donors (Lipinski definition) is 1. The average Bonchev–Trinajstić information content (AvgIpc) is 2.84. The van der Waals surface area contributed by atoms with E-state index in [1.807, 2.05) is 0 Å². The average molecular weight is 328 g/mol. The predicted molar refractivity (Wildman–Crippen MR) is 78.4 cm³/mol. The molecule has 0 bridgehead atoms. The molecule has 1 aromatic rings. The summed E-state index contributed by atoms with van der Waals surface area (Å²) < 4.78 is 17.0. The van der Waals surface area contributed by atoms with Gasteiger partial charge in [0.1, 0.15) is 5.69 Å². The molecule has 1 saturated heterocycles. The molecular weight excluding hydrogens is 308 g/mol. The molecule has 0 aromatic carbocycles. The van der Waals surface area contributed by atoms with Crippen molar-refractivity contribution < 1.29 is 23.9 Å². The minimum atomic E-state index is -0.867. The van der Waals surface area contributed by atoms with E-state index >= 15 is 0 Å². The second-order valence-corrected chi connectivity index (χ2v) is 5.18. The van der Waals surface area contributed by atoms with Crippen molar-refractivity contribution in [3.05, 3.63) is 15.8 Å². The van der Waals surface area contributed by atoms with Gasteiger partial charge in [-0.3, -0.25) is 14.8 Å². The fraction of sp³-hybridized carbons (Fsp3) is 0.692. The summed E-state index contributed by atoms with van der Waals surface area (Å²) in [6.45, 7) is 3.03. The van der Waals surface area contributed by atoms with E-state index in [0.29, 0.717) is 25.3 Å². The Morgan fingerprint density at radius 2 is 2.35 bits per heavy atom. The van der Waals surface area contributed by atoms with Gasteiger partial charge in [0, 0.05) is 13.0 Å². The molecule has 10 nitrogen and oxygen atoms in total. The summed E-state index contributed by atoms with van der Waals surface area (Å²) in [5.41, 5.74) is 5.13. The molecule has 1 unspecified atom stereocenters. The van der Waals surface area contributed by atoms with Gasteiger partial charge < -0.3 is 19.9 Å². The van der Waals surface area contributed by atoms with Gasteiger partial charge in [0.2, 0.25) is 0 Å². The summed E-state index contributed by atoms with van der Waals surface area (Å²) in [6, 6.07) is -0.0296. The van der Waals surface area contributed by atoms with Gasteiger partial charge >= 0.3 is 17.7 Å². The van der Waals surface area contributed by atoms with Crippen molar-refractivity contribution >= 4 is 11.8 Å². The van der Waals surface area contributed by atoms with Crippen LogP contribution in [0, 0.1) is 17.0 Å². The number of nitro groups is 1. The molecule has 0 spiro atoms. The highest BCUT2D eigenvalue weighted by Gasteiger charge is 2.30. The lowest BCUT2D eigenvalue weighted by molar-refractivity contribution is -0.386. The molecule has 10 heteroatoms. The summed E-state index contributed by atoms with van der Waals surface area (Å²) in [5.74, 6) is -0.0304. The standard InChI is InChI=1S/C13H20N4O6/c1-9-11(17(19)20)12(22-6-3-7-23-13(14)18)15-16(9)10-4-2-5-21-8-10/h10H,2-8H2,1H3,(H2,14,18). The topological polar surface area (TPSA) is 132 Å². The Hall–Kier alpha value is -2.36. The van der Waals surface area contributed by atoms with Crippen LogP contribution in [0.15, 0.2) is 0 Å². The zero-order valence-corrected chi connectivity index (χ0v) is 12.9. The van der Waals surface area contributed by atoms with Crippen LogP contribution in [-0.2, 0) is 9.47 Å². The van der Waals surface area contributed by atoms with E-state index in [1.165, 1.54) is 0 Å². The van der Waals surface area contributed by atoms with Crippen molar-refractivity contribution in [1.82, 2.24) is 9.78 Å². The van der Waals surface area contributed by atoms with Crippen molar-refractivity contribution in [2.24, 2.45) is 5.73 Å². The molecule has 2 N–H and O–H groups in total. The summed E-state index contributed by atoms with van der Waals surface area (Å²) in [4.78, 5) is 21.2. The van der Waals surface area contributed by atoms with E-state index in [2.05, 4.69) is 9.84 Å². The Kier molecular flexibility index (Phi) is 5.74. The monoisotopic (exact) mass is 328 g/mol. The Balaban J connectivity index is 2.05. The van der Waals surface area contributed by atoms with Crippen LogP contribution in [-0.4, -0.2) is 47.2 Å². The van der Waals surface area contributed by atoms with Crippen LogP contribution in [0.4, 0.5) is 10.5 Å². The van der Waals surface area contributed by atoms with E-state index in [9.17, 15) is 14.9 Å². The first-order valence-electron chi connectivity index (χ1n) is 7.37. The molecule has 2 rings (SSSR count). The molecule has 23 heavy (non-hydrogen) atoms. The fourth-order valence-corrected chi connectivity index (χ4v) is 2.46. The van der Waals surface area contributed by atoms with E-state index in [-0.39, 0.29) is 30.8 Å². The number of carbonyl (C=O) groups excluding carboxylic acids is 1. The number of amides is 1. The maximum atomic E-state index is 11.3. The zero-order chi connectivity index (χ0) is 16.8. The summed E-state index contributed by atoms with van der Waals surface area (Å²) >= 11 is 0. The molecule has 128 valence electrons. The maximum absolute atomic E-state index is 11.3. The van der Waals surface area contributed by atoms with E-state index in [4.69, 9.17) is 15.2 Å². The Morgan fingerprint density at radius 3 is 2.96 bits per heavy atom. The van der Waals surface area contributed by atoms with Gasteiger partial charge in [-0.1, -0.05) is 0 Å². The SMILES string of the molecule is Cc1c([N+](=O)[O-])c(OCCCOC(N)=O)nn1C1CCCOC1. The molecule has 1 aromatic heterocycles. The number of rotatable bonds is 7. The van der Waals surface area contributed by atoms with Gasteiger partial charge in [0.15, 0.2) is 0 Å². The van der Waals surface area contributed by atoms with Crippen LogP contribution in [0.25, 0.3) is 0 Å². The van der Waals surface area contributed by atoms with Crippen molar-refractivity contribution in [2.75, 3.05) is 26.4 Å². The van der Waals surface area contributed by atoms with Crippen molar-refractivity contribution in [1.29, 1.82) is 0 Å². The number of ether oxygens (including phenoxy) is 3. The van der Waals surface area contributed by atoms with Gasteiger partial charge in [-0.15, -0.1) is 5.10 Å². The van der Waals surface area contributed by atoms with Gasteiger partial charge in [-0.05, 0) is 19.8 Å². The maximum Gasteiger partial charge on any atom is 0.404 e. The Labute approximate surface area is 132 Å². The highest BCUT2D eigenvalue weighted by molar-refractivity contribution is 5.64. The molecule has 0 radical (unpaired) electrons. The smallest absolute Gasteiger partial charge is 0.404 e. The number of nitrogens with zero attached hydrogens (tertiary/aromatic N) is 3. The van der Waals surface area contributed by atoms with Crippen LogP contribution >= 0.6 is 0 Å². The number of primary amides is 1. The number of carbonyl (C=O) groups is 1. The van der Waals surface area contributed by atoms with Crippen LogP contribution in [0.1, 0.15) is 31.0 Å². The van der Waals surface area contributed by atoms with Gasteiger partial charge in [-0.2, -0.15) is 0 Å². The van der Waals surface area contributed by atoms with E-state index < -0.39 is 11.0 Å². The highest BCUT2D eigenvalue weighted by atomic mass is 16.6. The number of hydrogen-bond acceptors (Lipinski definition) is 7. The van der Waals surface area contributed by atoms with Crippen LogP contribution in [0.2, 0.25) is 0 Å². The van der Waals surface area contributed by atoms with Crippen molar-refractivity contribution in [2.45, 2.75) is 32.2 Å². The quantitative estimate of drug-likeness (QED) is 0.453. The number of nitrogens with two attached hydrogens (primary N) is 1. The summed E-state index contributed by atoms with van der Waals surface area (Å²) in [7, 11) is 0. The Bertz CT molecular complexity index is 567. The molecular formula is C13H20N4O6. The minimum absolute atomic E-state index is 0.0296. The molecule has 0 aliphatic carbocycles. The number of aromatic nitrogens is 2. The van der Waals surface area contributed by atoms with Crippen LogP contribution in [0.3, 0.4) is 0 Å². The second-order valence-electron chi connectivity index (χ2n) is 5.18. The third-order valence-electron chi connectivity index (χ3n) is 3.52. The molecule has 1 fully saturated rings. The van der Waals surface area contributed by atoms with Crippen molar-refractivity contribution in [3.63, 3.8) is 0 Å². The third kappa shape index (κ3) is 4.31. The van der Waals surface area contributed by atoms with Gasteiger partial charge in [0.25, 0.3) is 0 Å². The first kappa shape index (κ1) is 17.0. The van der Waals surface area contributed by atoms with Crippen molar-refractivity contribution in [3.8, 4) is 5.88 Å². The highest BCUT2D eigenvalue weighted by Crippen LogP contribution is 2.33. The molecule has 0 saturated carbocycles. The van der Waals surface area contributed by atoms with Crippen LogP contribution < -0.4 is 10.5 Å². The normalized spacial score (nSPS) is 17.7. The van der Waals surface area contributed by atoms with E-state index in [1.54, 1.807) is 11.6 Å². The largest absolute Gasteiger partial charge is 0.472 e. The van der Waals surface area contributed by atoms with Gasteiger partial charge in [0.05, 0.1) is 30.8 Å². The Morgan fingerprint density at radius 1 is 1.57 bits per heavy atom. The molecule has 1 aliphatic rings. The molecule has 1 atom stereocenters. The predicted octanol–water partition coefficient (Wildman–Crippen LogP) is 1.32. The zero-order valence-electron chi connectivity index (χ0n) is 12.9. The molecule has 1 aliphatic heterocycles. The lowest BCUT2D eigenvalue weighted by atomic mass is 10.1. The minimum Gasteiger partial charge on any atom is -0.472 e. The van der Waals surface area contributed by atoms with E-state index in [0.717, 1.165) is 12.8 Å². The first-order chi connectivity index (χ1) is 11.0. The first-order valence-corrected chi connectivity index (χ1v) is 7.37.